The Morgan fingerprint density at radius 2 is 2.38 bits per heavy atom. The molecule has 0 aromatic rings. The first-order valence-corrected chi connectivity index (χ1v) is 2.11. The highest BCUT2D eigenvalue weighted by Crippen LogP contribution is 1.82. The van der Waals surface area contributed by atoms with Crippen LogP contribution in [0, 0.1) is 0 Å². The van der Waals surface area contributed by atoms with E-state index in [1.165, 1.54) is 14.0 Å². The minimum absolute atomic E-state index is 0.315. The highest BCUT2D eigenvalue weighted by atomic mass is 17.1. The van der Waals surface area contributed by atoms with Crippen molar-refractivity contribution in [2.45, 2.75) is 13.0 Å². The van der Waals surface area contributed by atoms with Crippen LogP contribution in [0.25, 0.3) is 0 Å². The van der Waals surface area contributed by atoms with Gasteiger partial charge in [-0.25, -0.2) is 0 Å². The average Bonchev–Trinajstić information content (AvgIpc) is 1.69. The molecule has 0 saturated heterocycles. The summed E-state index contributed by atoms with van der Waals surface area (Å²) < 4.78 is 7.65. The van der Waals surface area contributed by atoms with Gasteiger partial charge in [-0.2, -0.15) is 0 Å². The molecule has 0 heterocycles. The zero-order chi connectivity index (χ0) is 6.57. The molecule has 1 unspecified atom stereocenters. The highest BCUT2D eigenvalue weighted by Gasteiger charge is 2.17. The van der Waals surface area contributed by atoms with Gasteiger partial charge in [-0.15, -0.1) is 0 Å². The molecule has 0 amide bonds. The lowest BCUT2D eigenvalue weighted by atomic mass is 10.4. The first-order chi connectivity index (χ1) is 3.72. The maximum Gasteiger partial charge on any atom is 0.526 e. The molecule has 0 aliphatic heterocycles. The second-order valence-electron chi connectivity index (χ2n) is 1.28. The lowest BCUT2D eigenvalue weighted by Gasteiger charge is -1.93. The Labute approximate surface area is 46.9 Å². The van der Waals surface area contributed by atoms with Crippen LogP contribution in [0.2, 0.25) is 0 Å². The molecule has 0 aliphatic rings. The molecule has 1 atom stereocenters. The standard InChI is InChI=1S/C4H8O4/c1-3(5)4(7-2)8-6/h3,5H,1-2H3. The van der Waals surface area contributed by atoms with Crippen molar-refractivity contribution in [1.82, 2.24) is 0 Å². The number of esters is 1. The number of aliphatic hydroxyl groups is 1. The molecule has 0 rings (SSSR count). The van der Waals surface area contributed by atoms with Crippen LogP contribution in [0.5, 0.6) is 0 Å². The number of ether oxygens (including phenoxy) is 1. The van der Waals surface area contributed by atoms with Crippen molar-refractivity contribution in [3.05, 3.63) is 0 Å². The van der Waals surface area contributed by atoms with E-state index in [2.05, 4.69) is 9.31 Å². The van der Waals surface area contributed by atoms with Crippen LogP contribution in [0.15, 0.2) is 0 Å². The second-order valence-corrected chi connectivity index (χ2v) is 1.28. The van der Waals surface area contributed by atoms with Crippen LogP contribution in [0.3, 0.4) is 0 Å². The molecule has 0 aliphatic carbocycles. The Balaban J connectivity index is 3.72. The third-order valence-electron chi connectivity index (χ3n) is 0.624. The van der Waals surface area contributed by atoms with Crippen molar-refractivity contribution in [3.8, 4) is 0 Å². The van der Waals surface area contributed by atoms with Gasteiger partial charge in [-0.1, -0.05) is 0 Å². The molecule has 0 bridgehead atoms. The topological polar surface area (TPSA) is 63.8 Å². The monoisotopic (exact) mass is 120 g/mol. The van der Waals surface area contributed by atoms with Gasteiger partial charge in [0.15, 0.2) is 7.11 Å². The van der Waals surface area contributed by atoms with Gasteiger partial charge in [-0.05, 0) is 6.92 Å². The summed E-state index contributed by atoms with van der Waals surface area (Å²) in [6.07, 6.45) is -0.961. The average molecular weight is 120 g/mol. The number of rotatable bonds is 1. The first kappa shape index (κ1) is 7.23. The van der Waals surface area contributed by atoms with Gasteiger partial charge in [-0.3, -0.25) is 4.58 Å². The van der Waals surface area contributed by atoms with E-state index in [0.717, 1.165) is 0 Å². The van der Waals surface area contributed by atoms with Crippen molar-refractivity contribution in [2.24, 2.45) is 0 Å². The van der Waals surface area contributed by atoms with Gasteiger partial charge < -0.3 is 15.1 Å². The Hall–Kier alpha value is -0.770. The van der Waals surface area contributed by atoms with Crippen LogP contribution < -0.4 is 5.26 Å². The summed E-state index contributed by atoms with van der Waals surface area (Å²) in [4.78, 5) is 0. The lowest BCUT2D eigenvalue weighted by Crippen LogP contribution is -2.23. The normalized spacial score (nSPS) is 15.6. The summed E-state index contributed by atoms with van der Waals surface area (Å²) in [7, 11) is 1.25. The van der Waals surface area contributed by atoms with Gasteiger partial charge in [0, 0.05) is 0 Å². The van der Waals surface area contributed by atoms with E-state index in [1.54, 1.807) is 0 Å². The molecule has 4 nitrogen and oxygen atoms in total. The minimum Gasteiger partial charge on any atom is -0.588 e. The Kier molecular flexibility index (Phi) is 2.95. The van der Waals surface area contributed by atoms with Gasteiger partial charge in [0.1, 0.15) is 0 Å². The number of methoxy groups -OCH3 is 1. The molecule has 0 saturated carbocycles. The maximum atomic E-state index is 9.48. The molecule has 1 N–H and O–H groups in total. The van der Waals surface area contributed by atoms with Crippen molar-refractivity contribution in [2.75, 3.05) is 7.11 Å². The number of carbonyl (C=O) groups excluding carboxylic acids is 1. The van der Waals surface area contributed by atoms with E-state index in [4.69, 9.17) is 5.11 Å². The molecular weight excluding hydrogens is 112 g/mol. The van der Waals surface area contributed by atoms with E-state index in [-0.39, 0.29) is 5.97 Å². The highest BCUT2D eigenvalue weighted by molar-refractivity contribution is 5.73. The van der Waals surface area contributed by atoms with Crippen LogP contribution in [-0.2, 0) is 9.31 Å². The van der Waals surface area contributed by atoms with Gasteiger partial charge in [0.05, 0.1) is 0 Å². The van der Waals surface area contributed by atoms with E-state index < -0.39 is 6.10 Å². The summed E-state index contributed by atoms with van der Waals surface area (Å²) >= 11 is 0. The largest absolute Gasteiger partial charge is 0.588 e. The maximum absolute atomic E-state index is 9.48. The summed E-state index contributed by atoms with van der Waals surface area (Å²) in [5.74, 6) is -0.315. The Morgan fingerprint density at radius 1 is 1.88 bits per heavy atom. The molecule has 0 fully saturated rings. The molecule has 0 aromatic carbocycles. The SMILES string of the molecule is COC(=[O+][O-])C(C)O. The molecule has 0 spiro atoms. The summed E-state index contributed by atoms with van der Waals surface area (Å²) in [5.41, 5.74) is 0. The van der Waals surface area contributed by atoms with E-state index in [9.17, 15) is 5.26 Å². The molecule has 4 heteroatoms. The van der Waals surface area contributed by atoms with E-state index in [0.29, 0.717) is 0 Å². The zero-order valence-electron chi connectivity index (χ0n) is 4.75. The second kappa shape index (κ2) is 3.26. The fourth-order valence-electron chi connectivity index (χ4n) is 0.274. The predicted molar refractivity (Wildman–Crippen MR) is 23.7 cm³/mol. The predicted octanol–water partition coefficient (Wildman–Crippen LogP) is -1.65. The Bertz CT molecular complexity index is 86.0. The van der Waals surface area contributed by atoms with Gasteiger partial charge in [0.2, 0.25) is 6.10 Å². The van der Waals surface area contributed by atoms with Crippen LogP contribution >= 0.6 is 0 Å². The van der Waals surface area contributed by atoms with Gasteiger partial charge in [0.25, 0.3) is 0 Å². The van der Waals surface area contributed by atoms with E-state index in [1.807, 2.05) is 0 Å². The van der Waals surface area contributed by atoms with Crippen molar-refractivity contribution < 1.29 is 19.7 Å². The summed E-state index contributed by atoms with van der Waals surface area (Å²) in [6.45, 7) is 1.37. The van der Waals surface area contributed by atoms with Gasteiger partial charge >= 0.3 is 5.97 Å². The third-order valence-corrected chi connectivity index (χ3v) is 0.624. The van der Waals surface area contributed by atoms with Crippen LogP contribution in [-0.4, -0.2) is 24.3 Å². The van der Waals surface area contributed by atoms with Crippen molar-refractivity contribution >= 4 is 5.97 Å². The van der Waals surface area contributed by atoms with Crippen molar-refractivity contribution in [1.29, 1.82) is 0 Å². The number of hydrogen-bond acceptors (Lipinski definition) is 3. The number of hydrogen-bond donors (Lipinski definition) is 1. The van der Waals surface area contributed by atoms with Crippen LogP contribution in [0.4, 0.5) is 0 Å². The Morgan fingerprint density at radius 3 is 2.38 bits per heavy atom. The molecular formula is C4H8O4. The molecule has 8 heavy (non-hydrogen) atoms. The minimum atomic E-state index is -0.961. The summed E-state index contributed by atoms with van der Waals surface area (Å²) in [6, 6.07) is 0. The molecule has 0 aromatic heterocycles. The van der Waals surface area contributed by atoms with Crippen LogP contribution in [0.1, 0.15) is 6.92 Å². The fraction of sp³-hybridized carbons (Fsp3) is 0.750. The summed E-state index contributed by atoms with van der Waals surface area (Å²) in [5, 5.41) is 18.0. The van der Waals surface area contributed by atoms with Crippen molar-refractivity contribution in [3.63, 3.8) is 0 Å². The molecule has 0 radical (unpaired) electrons. The third kappa shape index (κ3) is 1.79. The number of aliphatic hydroxyl groups excluding tert-OH is 1. The quantitative estimate of drug-likeness (QED) is 0.195. The molecule has 48 valence electrons. The van der Waals surface area contributed by atoms with E-state index >= 15 is 0 Å². The first-order valence-electron chi connectivity index (χ1n) is 2.11. The smallest absolute Gasteiger partial charge is 0.526 e. The fourth-order valence-corrected chi connectivity index (χ4v) is 0.274. The lowest BCUT2D eigenvalue weighted by molar-refractivity contribution is -1.05. The zero-order valence-corrected chi connectivity index (χ0v) is 4.75.